The average molecular weight is 238 g/mol. The molecule has 0 saturated carbocycles. The molecule has 0 amide bonds. The van der Waals surface area contributed by atoms with Crippen molar-refractivity contribution in [3.05, 3.63) is 11.6 Å². The van der Waals surface area contributed by atoms with Gasteiger partial charge in [0, 0.05) is 33.2 Å². The van der Waals surface area contributed by atoms with Gasteiger partial charge in [-0.2, -0.15) is 0 Å². The number of rotatable bonds is 3. The third-order valence-corrected chi connectivity index (χ3v) is 3.94. The van der Waals surface area contributed by atoms with Crippen molar-refractivity contribution in [1.82, 2.24) is 0 Å². The maximum atomic E-state index is 12.6. The van der Waals surface area contributed by atoms with Gasteiger partial charge in [-0.05, 0) is 31.3 Å². The summed E-state index contributed by atoms with van der Waals surface area (Å²) in [6.45, 7) is 1.26. The first-order chi connectivity index (χ1) is 8.28. The van der Waals surface area contributed by atoms with Gasteiger partial charge in [0.2, 0.25) is 0 Å². The SMILES string of the molecule is COC1(C(=O)C2=CCCCCC2)CCOCC1. The van der Waals surface area contributed by atoms with Gasteiger partial charge in [-0.25, -0.2) is 0 Å². The highest BCUT2D eigenvalue weighted by Gasteiger charge is 2.41. The summed E-state index contributed by atoms with van der Waals surface area (Å²) < 4.78 is 10.9. The summed E-state index contributed by atoms with van der Waals surface area (Å²) in [5.74, 6) is 0.213. The molecule has 1 saturated heterocycles. The van der Waals surface area contributed by atoms with Crippen LogP contribution in [-0.2, 0) is 14.3 Å². The van der Waals surface area contributed by atoms with Crippen LogP contribution in [0.15, 0.2) is 11.6 Å². The van der Waals surface area contributed by atoms with Crippen molar-refractivity contribution in [2.75, 3.05) is 20.3 Å². The summed E-state index contributed by atoms with van der Waals surface area (Å²) in [6.07, 6.45) is 9.05. The molecule has 0 radical (unpaired) electrons. The predicted octanol–water partition coefficient (Wildman–Crippen LogP) is 2.64. The van der Waals surface area contributed by atoms with E-state index in [-0.39, 0.29) is 5.78 Å². The smallest absolute Gasteiger partial charge is 0.190 e. The zero-order valence-electron chi connectivity index (χ0n) is 10.7. The molecule has 2 rings (SSSR count). The first-order valence-electron chi connectivity index (χ1n) is 6.65. The molecule has 0 aromatic carbocycles. The van der Waals surface area contributed by atoms with Gasteiger partial charge in [0.1, 0.15) is 5.60 Å². The fraction of sp³-hybridized carbons (Fsp3) is 0.786. The Hall–Kier alpha value is -0.670. The topological polar surface area (TPSA) is 35.5 Å². The zero-order valence-corrected chi connectivity index (χ0v) is 10.7. The lowest BCUT2D eigenvalue weighted by atomic mass is 9.84. The molecule has 0 spiro atoms. The van der Waals surface area contributed by atoms with E-state index in [1.807, 2.05) is 0 Å². The Bertz CT molecular complexity index is 301. The second-order valence-electron chi connectivity index (χ2n) is 4.97. The van der Waals surface area contributed by atoms with E-state index in [9.17, 15) is 4.79 Å². The van der Waals surface area contributed by atoms with Crippen molar-refractivity contribution in [2.45, 2.75) is 50.5 Å². The number of Topliss-reactive ketones (excluding diaryl/α,β-unsaturated/α-hetero) is 1. The van der Waals surface area contributed by atoms with Gasteiger partial charge in [0.05, 0.1) is 0 Å². The number of hydrogen-bond acceptors (Lipinski definition) is 3. The monoisotopic (exact) mass is 238 g/mol. The van der Waals surface area contributed by atoms with Crippen LogP contribution in [-0.4, -0.2) is 31.7 Å². The molecule has 1 heterocycles. The molecule has 3 nitrogen and oxygen atoms in total. The summed E-state index contributed by atoms with van der Waals surface area (Å²) in [7, 11) is 1.65. The lowest BCUT2D eigenvalue weighted by Crippen LogP contribution is -2.46. The highest BCUT2D eigenvalue weighted by Crippen LogP contribution is 2.31. The van der Waals surface area contributed by atoms with Crippen molar-refractivity contribution in [3.8, 4) is 0 Å². The molecule has 1 aliphatic carbocycles. The fourth-order valence-corrected chi connectivity index (χ4v) is 2.74. The summed E-state index contributed by atoms with van der Waals surface area (Å²) in [5, 5.41) is 0. The Morgan fingerprint density at radius 1 is 1.29 bits per heavy atom. The molecule has 1 aliphatic heterocycles. The first kappa shape index (κ1) is 12.8. The molecule has 96 valence electrons. The second kappa shape index (κ2) is 5.78. The van der Waals surface area contributed by atoms with Gasteiger partial charge >= 0.3 is 0 Å². The maximum absolute atomic E-state index is 12.6. The normalized spacial score (nSPS) is 24.9. The van der Waals surface area contributed by atoms with Crippen LogP contribution in [0, 0.1) is 0 Å². The minimum absolute atomic E-state index is 0.213. The number of allylic oxidation sites excluding steroid dienone is 1. The minimum Gasteiger partial charge on any atom is -0.381 e. The van der Waals surface area contributed by atoms with E-state index >= 15 is 0 Å². The molecule has 0 aromatic heterocycles. The molecular weight excluding hydrogens is 216 g/mol. The number of ether oxygens (including phenoxy) is 2. The molecule has 0 N–H and O–H groups in total. The largest absolute Gasteiger partial charge is 0.381 e. The maximum Gasteiger partial charge on any atom is 0.190 e. The van der Waals surface area contributed by atoms with Crippen molar-refractivity contribution < 1.29 is 14.3 Å². The summed E-state index contributed by atoms with van der Waals surface area (Å²) in [4.78, 5) is 12.6. The van der Waals surface area contributed by atoms with E-state index in [1.165, 1.54) is 12.8 Å². The first-order valence-corrected chi connectivity index (χ1v) is 6.65. The molecule has 1 fully saturated rings. The Morgan fingerprint density at radius 2 is 2.06 bits per heavy atom. The number of hydrogen-bond donors (Lipinski definition) is 0. The Balaban J connectivity index is 2.12. The van der Waals surface area contributed by atoms with E-state index in [1.54, 1.807) is 7.11 Å². The molecule has 0 unspecified atom stereocenters. The standard InChI is InChI=1S/C14H22O3/c1-16-14(8-10-17-11-9-14)13(15)12-6-4-2-3-5-7-12/h6H,2-5,7-11H2,1H3. The summed E-state index contributed by atoms with van der Waals surface area (Å²) >= 11 is 0. The lowest BCUT2D eigenvalue weighted by Gasteiger charge is -2.35. The van der Waals surface area contributed by atoms with Crippen LogP contribution >= 0.6 is 0 Å². The van der Waals surface area contributed by atoms with Crippen LogP contribution in [0.3, 0.4) is 0 Å². The van der Waals surface area contributed by atoms with E-state index < -0.39 is 5.60 Å². The lowest BCUT2D eigenvalue weighted by molar-refractivity contribution is -0.148. The van der Waals surface area contributed by atoms with Crippen molar-refractivity contribution in [3.63, 3.8) is 0 Å². The Labute approximate surface area is 103 Å². The van der Waals surface area contributed by atoms with Crippen LogP contribution in [0.1, 0.15) is 44.9 Å². The molecule has 0 bridgehead atoms. The van der Waals surface area contributed by atoms with Crippen LogP contribution in [0.25, 0.3) is 0 Å². The van der Waals surface area contributed by atoms with Gasteiger partial charge in [0.25, 0.3) is 0 Å². The van der Waals surface area contributed by atoms with Gasteiger partial charge in [0.15, 0.2) is 5.78 Å². The van der Waals surface area contributed by atoms with Crippen LogP contribution < -0.4 is 0 Å². The van der Waals surface area contributed by atoms with Gasteiger partial charge in [-0.1, -0.05) is 12.5 Å². The Morgan fingerprint density at radius 3 is 2.76 bits per heavy atom. The zero-order chi connectivity index (χ0) is 12.1. The number of methoxy groups -OCH3 is 1. The molecule has 3 heteroatoms. The predicted molar refractivity (Wildman–Crippen MR) is 66.0 cm³/mol. The molecule has 0 aromatic rings. The van der Waals surface area contributed by atoms with Crippen molar-refractivity contribution in [1.29, 1.82) is 0 Å². The summed E-state index contributed by atoms with van der Waals surface area (Å²) in [6, 6.07) is 0. The van der Waals surface area contributed by atoms with Gasteiger partial charge in [-0.15, -0.1) is 0 Å². The number of carbonyl (C=O) groups is 1. The third-order valence-electron chi connectivity index (χ3n) is 3.94. The molecule has 2 aliphatic rings. The number of carbonyl (C=O) groups excluding carboxylic acids is 1. The molecule has 17 heavy (non-hydrogen) atoms. The Kier molecular flexibility index (Phi) is 4.35. The van der Waals surface area contributed by atoms with Crippen molar-refractivity contribution in [2.24, 2.45) is 0 Å². The number of ketones is 1. The molecular formula is C14H22O3. The van der Waals surface area contributed by atoms with Gasteiger partial charge in [-0.3, -0.25) is 4.79 Å². The average Bonchev–Trinajstić information content (AvgIpc) is 2.67. The quantitative estimate of drug-likeness (QED) is 0.758. The van der Waals surface area contributed by atoms with Crippen LogP contribution in [0.4, 0.5) is 0 Å². The third kappa shape index (κ3) is 2.78. The highest BCUT2D eigenvalue weighted by atomic mass is 16.5. The second-order valence-corrected chi connectivity index (χ2v) is 4.97. The highest BCUT2D eigenvalue weighted by molar-refractivity contribution is 6.02. The summed E-state index contributed by atoms with van der Waals surface area (Å²) in [5.41, 5.74) is 0.389. The minimum atomic E-state index is -0.603. The fourth-order valence-electron chi connectivity index (χ4n) is 2.74. The van der Waals surface area contributed by atoms with E-state index in [0.717, 1.165) is 24.8 Å². The molecule has 0 atom stereocenters. The van der Waals surface area contributed by atoms with Crippen molar-refractivity contribution >= 4 is 5.78 Å². The van der Waals surface area contributed by atoms with Crippen LogP contribution in [0.5, 0.6) is 0 Å². The van der Waals surface area contributed by atoms with E-state index in [2.05, 4.69) is 6.08 Å². The van der Waals surface area contributed by atoms with E-state index in [4.69, 9.17) is 9.47 Å². The van der Waals surface area contributed by atoms with E-state index in [0.29, 0.717) is 26.1 Å². The van der Waals surface area contributed by atoms with Gasteiger partial charge < -0.3 is 9.47 Å². The van der Waals surface area contributed by atoms with Crippen LogP contribution in [0.2, 0.25) is 0 Å².